The lowest BCUT2D eigenvalue weighted by Crippen LogP contribution is -2.30. The van der Waals surface area contributed by atoms with Crippen LogP contribution in [0.1, 0.15) is 17.4 Å². The molecule has 1 N–H and O–H groups in total. The molecule has 1 unspecified atom stereocenters. The average molecular weight is 261 g/mol. The Morgan fingerprint density at radius 3 is 2.67 bits per heavy atom. The summed E-state index contributed by atoms with van der Waals surface area (Å²) in [6.07, 6.45) is 3.52. The summed E-state index contributed by atoms with van der Waals surface area (Å²) in [5.74, 6) is 1.20. The molecule has 2 aromatic rings. The van der Waals surface area contributed by atoms with Crippen molar-refractivity contribution in [2.24, 2.45) is 0 Å². The second-order valence-electron chi connectivity index (χ2n) is 3.86. The largest absolute Gasteiger partial charge is 0.467 e. The van der Waals surface area contributed by atoms with Crippen molar-refractivity contribution < 1.29 is 9.21 Å². The first kappa shape index (κ1) is 12.8. The van der Waals surface area contributed by atoms with Crippen LogP contribution >= 0.6 is 11.8 Å². The van der Waals surface area contributed by atoms with Gasteiger partial charge in [0, 0.05) is 0 Å². The smallest absolute Gasteiger partial charge is 0.230 e. The molecule has 0 bridgehead atoms. The summed E-state index contributed by atoms with van der Waals surface area (Å²) in [7, 11) is 0. The van der Waals surface area contributed by atoms with Gasteiger partial charge in [0.1, 0.15) is 11.8 Å². The lowest BCUT2D eigenvalue weighted by Gasteiger charge is -2.16. The van der Waals surface area contributed by atoms with Crippen molar-refractivity contribution in [3.05, 3.63) is 60.1 Å². The number of hydrogen-bond donors (Lipinski definition) is 1. The van der Waals surface area contributed by atoms with Crippen LogP contribution in [0.5, 0.6) is 0 Å². The Morgan fingerprint density at radius 2 is 2.06 bits per heavy atom. The Hall–Kier alpha value is -1.68. The molecule has 18 heavy (non-hydrogen) atoms. The minimum absolute atomic E-state index is 0.00718. The van der Waals surface area contributed by atoms with E-state index in [1.54, 1.807) is 6.26 Å². The molecule has 0 saturated carbocycles. The van der Waals surface area contributed by atoms with E-state index in [0.717, 1.165) is 11.3 Å². The summed E-state index contributed by atoms with van der Waals surface area (Å²) in [5.41, 5.74) is 1.02. The highest BCUT2D eigenvalue weighted by atomic mass is 32.2. The van der Waals surface area contributed by atoms with Gasteiger partial charge < -0.3 is 9.73 Å². The van der Waals surface area contributed by atoms with E-state index < -0.39 is 0 Å². The first-order chi connectivity index (χ1) is 8.81. The van der Waals surface area contributed by atoms with Gasteiger partial charge in [-0.3, -0.25) is 4.79 Å². The molecule has 2 rings (SSSR count). The number of furan rings is 1. The minimum atomic E-state index is -0.221. The number of benzene rings is 1. The maximum atomic E-state index is 11.7. The third-order valence-corrected chi connectivity index (χ3v) is 3.09. The number of rotatable bonds is 5. The maximum absolute atomic E-state index is 11.7. The topological polar surface area (TPSA) is 42.2 Å². The number of carbonyl (C=O) groups is 1. The van der Waals surface area contributed by atoms with Crippen LogP contribution in [0.15, 0.2) is 53.1 Å². The summed E-state index contributed by atoms with van der Waals surface area (Å²) >= 11 is 1.50. The molecule has 0 radical (unpaired) electrons. The first-order valence-electron chi connectivity index (χ1n) is 5.68. The van der Waals surface area contributed by atoms with Crippen molar-refractivity contribution in [3.63, 3.8) is 0 Å². The monoisotopic (exact) mass is 261 g/mol. The molecule has 1 heterocycles. The standard InChI is InChI=1S/C14H15NO2S/c1-18-10-13(16)15-14(12-8-5-9-17-12)11-6-3-2-4-7-11/h2-9,14H,10H2,1H3,(H,15,16). The van der Waals surface area contributed by atoms with Gasteiger partial charge in [-0.25, -0.2) is 0 Å². The molecule has 0 fully saturated rings. The van der Waals surface area contributed by atoms with E-state index in [4.69, 9.17) is 4.42 Å². The van der Waals surface area contributed by atoms with Crippen LogP contribution < -0.4 is 5.32 Å². The van der Waals surface area contributed by atoms with E-state index in [2.05, 4.69) is 5.32 Å². The fourth-order valence-corrected chi connectivity index (χ4v) is 2.10. The van der Waals surface area contributed by atoms with Crippen LogP contribution in [-0.4, -0.2) is 17.9 Å². The zero-order valence-electron chi connectivity index (χ0n) is 10.1. The van der Waals surface area contributed by atoms with Gasteiger partial charge in [0.2, 0.25) is 5.91 Å². The fourth-order valence-electron chi connectivity index (χ4n) is 1.75. The van der Waals surface area contributed by atoms with E-state index in [-0.39, 0.29) is 11.9 Å². The van der Waals surface area contributed by atoms with Gasteiger partial charge >= 0.3 is 0 Å². The lowest BCUT2D eigenvalue weighted by molar-refractivity contribution is -0.119. The second kappa shape index (κ2) is 6.31. The zero-order valence-corrected chi connectivity index (χ0v) is 10.9. The number of thioether (sulfide) groups is 1. The van der Waals surface area contributed by atoms with E-state index >= 15 is 0 Å². The molecule has 94 valence electrons. The molecule has 1 amide bonds. The fraction of sp³-hybridized carbons (Fsp3) is 0.214. The lowest BCUT2D eigenvalue weighted by atomic mass is 10.0. The van der Waals surface area contributed by atoms with Crippen LogP contribution in [0.4, 0.5) is 0 Å². The quantitative estimate of drug-likeness (QED) is 0.900. The summed E-state index contributed by atoms with van der Waals surface area (Å²) in [4.78, 5) is 11.7. The molecule has 1 aromatic carbocycles. The number of carbonyl (C=O) groups excluding carboxylic acids is 1. The van der Waals surface area contributed by atoms with Gasteiger partial charge in [-0.2, -0.15) is 11.8 Å². The molecule has 3 nitrogen and oxygen atoms in total. The van der Waals surface area contributed by atoms with Gasteiger partial charge in [0.05, 0.1) is 12.0 Å². The van der Waals surface area contributed by atoms with Crippen LogP contribution in [-0.2, 0) is 4.79 Å². The third-order valence-electron chi connectivity index (χ3n) is 2.54. The van der Waals surface area contributed by atoms with Crippen LogP contribution in [0.3, 0.4) is 0 Å². The zero-order chi connectivity index (χ0) is 12.8. The highest BCUT2D eigenvalue weighted by Crippen LogP contribution is 2.22. The van der Waals surface area contributed by atoms with E-state index in [1.165, 1.54) is 11.8 Å². The molecule has 4 heteroatoms. The summed E-state index contributed by atoms with van der Waals surface area (Å²) < 4.78 is 5.41. The highest BCUT2D eigenvalue weighted by Gasteiger charge is 2.18. The molecule has 0 aliphatic heterocycles. The van der Waals surface area contributed by atoms with Crippen molar-refractivity contribution in [1.29, 1.82) is 0 Å². The molecule has 0 aliphatic carbocycles. The Morgan fingerprint density at radius 1 is 1.28 bits per heavy atom. The van der Waals surface area contributed by atoms with Crippen LogP contribution in [0.2, 0.25) is 0 Å². The predicted octanol–water partition coefficient (Wildman–Crippen LogP) is 2.85. The molecule has 0 saturated heterocycles. The Balaban J connectivity index is 2.22. The van der Waals surface area contributed by atoms with Gasteiger partial charge in [0.25, 0.3) is 0 Å². The van der Waals surface area contributed by atoms with E-state index in [1.807, 2.05) is 48.7 Å². The molecular formula is C14H15NO2S. The summed E-state index contributed by atoms with van der Waals surface area (Å²) in [6.45, 7) is 0. The summed E-state index contributed by atoms with van der Waals surface area (Å²) in [6, 6.07) is 13.3. The third kappa shape index (κ3) is 3.17. The molecule has 1 aromatic heterocycles. The van der Waals surface area contributed by atoms with E-state index in [9.17, 15) is 4.79 Å². The minimum Gasteiger partial charge on any atom is -0.467 e. The number of nitrogens with one attached hydrogen (secondary N) is 1. The van der Waals surface area contributed by atoms with Crippen molar-refractivity contribution in [1.82, 2.24) is 5.32 Å². The van der Waals surface area contributed by atoms with Crippen LogP contribution in [0, 0.1) is 0 Å². The second-order valence-corrected chi connectivity index (χ2v) is 4.73. The Bertz CT molecular complexity index is 482. The normalized spacial score (nSPS) is 12.1. The van der Waals surface area contributed by atoms with Gasteiger partial charge in [-0.1, -0.05) is 30.3 Å². The van der Waals surface area contributed by atoms with Crippen LogP contribution in [0.25, 0.3) is 0 Å². The van der Waals surface area contributed by atoms with Crippen molar-refractivity contribution in [3.8, 4) is 0 Å². The van der Waals surface area contributed by atoms with Gasteiger partial charge in [-0.05, 0) is 24.0 Å². The SMILES string of the molecule is CSCC(=O)NC(c1ccccc1)c1ccco1. The van der Waals surface area contributed by atoms with Gasteiger partial charge in [-0.15, -0.1) is 0 Å². The van der Waals surface area contributed by atoms with Crippen molar-refractivity contribution in [2.45, 2.75) is 6.04 Å². The molecule has 1 atom stereocenters. The first-order valence-corrected chi connectivity index (χ1v) is 7.07. The number of hydrogen-bond acceptors (Lipinski definition) is 3. The Labute approximate surface area is 111 Å². The summed E-state index contributed by atoms with van der Waals surface area (Å²) in [5, 5.41) is 2.98. The van der Waals surface area contributed by atoms with Crippen molar-refractivity contribution in [2.75, 3.05) is 12.0 Å². The highest BCUT2D eigenvalue weighted by molar-refractivity contribution is 7.99. The number of amides is 1. The molecule has 0 spiro atoms. The van der Waals surface area contributed by atoms with E-state index in [0.29, 0.717) is 5.75 Å². The molecular weight excluding hydrogens is 246 g/mol. The predicted molar refractivity (Wildman–Crippen MR) is 73.5 cm³/mol. The van der Waals surface area contributed by atoms with Crippen molar-refractivity contribution >= 4 is 17.7 Å². The molecule has 0 aliphatic rings. The Kier molecular flexibility index (Phi) is 4.47. The van der Waals surface area contributed by atoms with Gasteiger partial charge in [0.15, 0.2) is 0 Å². The average Bonchev–Trinajstić information content (AvgIpc) is 2.91. The maximum Gasteiger partial charge on any atom is 0.230 e.